The Morgan fingerprint density at radius 1 is 1.04 bits per heavy atom. The van der Waals surface area contributed by atoms with Crippen LogP contribution in [0, 0.1) is 11.3 Å². The Morgan fingerprint density at radius 3 is 2.46 bits per heavy atom. The first-order chi connectivity index (χ1) is 12.6. The van der Waals surface area contributed by atoms with Crippen LogP contribution >= 0.6 is 0 Å². The van der Waals surface area contributed by atoms with E-state index >= 15 is 0 Å². The van der Waals surface area contributed by atoms with E-state index in [0.29, 0.717) is 27.8 Å². The number of fused-ring (bicyclic) bond motifs is 1. The molecule has 0 unspecified atom stereocenters. The average Bonchev–Trinajstić information content (AvgIpc) is 2.64. The van der Waals surface area contributed by atoms with Crippen LogP contribution in [0.5, 0.6) is 5.75 Å². The fourth-order valence-electron chi connectivity index (χ4n) is 2.48. The predicted octanol–water partition coefficient (Wildman–Crippen LogP) is 3.59. The van der Waals surface area contributed by atoms with Gasteiger partial charge >= 0.3 is 0 Å². The molecule has 0 aromatic heterocycles. The topological polar surface area (TPSA) is 111 Å². The summed E-state index contributed by atoms with van der Waals surface area (Å²) in [6.45, 7) is 0. The number of nitrogen functional groups attached to an aromatic ring is 1. The van der Waals surface area contributed by atoms with E-state index in [1.807, 2.05) is 6.07 Å². The number of rotatable bonds is 4. The zero-order chi connectivity index (χ0) is 18.5. The minimum atomic E-state index is -0.550. The number of phenols is 1. The zero-order valence-corrected chi connectivity index (χ0v) is 13.7. The fraction of sp³-hybridized carbons (Fsp3) is 0. The Bertz CT molecular complexity index is 1030. The van der Waals surface area contributed by atoms with E-state index in [-0.39, 0.29) is 11.3 Å². The van der Waals surface area contributed by atoms with E-state index in [1.165, 1.54) is 6.20 Å². The molecule has 3 aromatic rings. The molecule has 0 aliphatic carbocycles. The molecule has 3 aromatic carbocycles. The molecular weight excluding hydrogens is 328 g/mol. The summed E-state index contributed by atoms with van der Waals surface area (Å²) in [6, 6.07) is 19.0. The number of nitrogens with two attached hydrogens (primary N) is 1. The SMILES string of the molecule is N#C/C(=C/Nc1ccc(N)cc1)C(=O)Nc1cccc2c(O)cccc12. The van der Waals surface area contributed by atoms with Crippen LogP contribution in [0.3, 0.4) is 0 Å². The highest BCUT2D eigenvalue weighted by molar-refractivity contribution is 6.11. The highest BCUT2D eigenvalue weighted by atomic mass is 16.3. The fourth-order valence-corrected chi connectivity index (χ4v) is 2.48. The quantitative estimate of drug-likeness (QED) is 0.328. The lowest BCUT2D eigenvalue weighted by Gasteiger charge is -2.09. The van der Waals surface area contributed by atoms with Crippen molar-refractivity contribution in [3.63, 3.8) is 0 Å². The number of carbonyl (C=O) groups is 1. The van der Waals surface area contributed by atoms with E-state index in [2.05, 4.69) is 10.6 Å². The molecule has 6 nitrogen and oxygen atoms in total. The Kier molecular flexibility index (Phi) is 4.72. The number of amides is 1. The molecule has 128 valence electrons. The number of nitriles is 1. The molecule has 0 saturated heterocycles. The molecule has 0 aliphatic heterocycles. The van der Waals surface area contributed by atoms with Gasteiger partial charge in [0.2, 0.25) is 0 Å². The van der Waals surface area contributed by atoms with Gasteiger partial charge in [0, 0.05) is 34.0 Å². The number of hydrogen-bond donors (Lipinski definition) is 4. The van der Waals surface area contributed by atoms with Crippen LogP contribution in [0.1, 0.15) is 0 Å². The van der Waals surface area contributed by atoms with Gasteiger partial charge in [0.25, 0.3) is 5.91 Å². The van der Waals surface area contributed by atoms with E-state index in [4.69, 9.17) is 5.73 Å². The molecule has 3 rings (SSSR count). The molecule has 0 aliphatic rings. The second-order valence-corrected chi connectivity index (χ2v) is 5.57. The molecular formula is C20H16N4O2. The van der Waals surface area contributed by atoms with Gasteiger partial charge in [0.15, 0.2) is 0 Å². The average molecular weight is 344 g/mol. The Hall–Kier alpha value is -3.98. The molecule has 0 bridgehead atoms. The van der Waals surface area contributed by atoms with Crippen LogP contribution in [-0.4, -0.2) is 11.0 Å². The molecule has 5 N–H and O–H groups in total. The van der Waals surface area contributed by atoms with Crippen molar-refractivity contribution in [2.75, 3.05) is 16.4 Å². The van der Waals surface area contributed by atoms with E-state index in [9.17, 15) is 15.2 Å². The number of hydrogen-bond acceptors (Lipinski definition) is 5. The number of carbonyl (C=O) groups excluding carboxylic acids is 1. The molecule has 6 heteroatoms. The summed E-state index contributed by atoms with van der Waals surface area (Å²) in [6.07, 6.45) is 1.34. The van der Waals surface area contributed by atoms with Gasteiger partial charge in [-0.15, -0.1) is 0 Å². The maximum atomic E-state index is 12.4. The van der Waals surface area contributed by atoms with Gasteiger partial charge in [-0.1, -0.05) is 24.3 Å². The van der Waals surface area contributed by atoms with E-state index in [1.54, 1.807) is 60.7 Å². The van der Waals surface area contributed by atoms with Crippen LogP contribution in [0.2, 0.25) is 0 Å². The highest BCUT2D eigenvalue weighted by Gasteiger charge is 2.12. The first-order valence-electron chi connectivity index (χ1n) is 7.83. The third-order valence-corrected chi connectivity index (χ3v) is 3.81. The molecule has 0 atom stereocenters. The Labute approximate surface area is 150 Å². The third kappa shape index (κ3) is 3.57. The number of benzene rings is 3. The van der Waals surface area contributed by atoms with Crippen LogP contribution in [-0.2, 0) is 4.79 Å². The number of nitrogens with one attached hydrogen (secondary N) is 2. The van der Waals surface area contributed by atoms with Gasteiger partial charge in [-0.25, -0.2) is 0 Å². The first-order valence-corrected chi connectivity index (χ1v) is 7.83. The zero-order valence-electron chi connectivity index (χ0n) is 13.7. The molecule has 0 heterocycles. The van der Waals surface area contributed by atoms with E-state index in [0.717, 1.165) is 0 Å². The summed E-state index contributed by atoms with van der Waals surface area (Å²) in [5, 5.41) is 26.1. The van der Waals surface area contributed by atoms with Crippen molar-refractivity contribution < 1.29 is 9.90 Å². The van der Waals surface area contributed by atoms with E-state index < -0.39 is 5.91 Å². The predicted molar refractivity (Wildman–Crippen MR) is 102 cm³/mol. The van der Waals surface area contributed by atoms with Gasteiger partial charge in [-0.2, -0.15) is 5.26 Å². The van der Waals surface area contributed by atoms with Gasteiger partial charge in [-0.3, -0.25) is 4.79 Å². The molecule has 0 spiro atoms. The monoisotopic (exact) mass is 344 g/mol. The lowest BCUT2D eigenvalue weighted by molar-refractivity contribution is -0.112. The second kappa shape index (κ2) is 7.28. The van der Waals surface area contributed by atoms with Gasteiger partial charge < -0.3 is 21.5 Å². The van der Waals surface area contributed by atoms with Crippen LogP contribution < -0.4 is 16.4 Å². The van der Waals surface area contributed by atoms with Crippen molar-refractivity contribution >= 4 is 33.7 Å². The van der Waals surface area contributed by atoms with Gasteiger partial charge in [0.1, 0.15) is 17.4 Å². The smallest absolute Gasteiger partial charge is 0.267 e. The van der Waals surface area contributed by atoms with Gasteiger partial charge in [0.05, 0.1) is 0 Å². The summed E-state index contributed by atoms with van der Waals surface area (Å²) >= 11 is 0. The van der Waals surface area contributed by atoms with Crippen molar-refractivity contribution in [2.24, 2.45) is 0 Å². The summed E-state index contributed by atoms with van der Waals surface area (Å²) in [5.41, 5.74) is 7.37. The summed E-state index contributed by atoms with van der Waals surface area (Å²) < 4.78 is 0. The third-order valence-electron chi connectivity index (χ3n) is 3.81. The molecule has 26 heavy (non-hydrogen) atoms. The lowest BCUT2D eigenvalue weighted by atomic mass is 10.1. The molecule has 1 amide bonds. The van der Waals surface area contributed by atoms with Gasteiger partial charge in [-0.05, 0) is 36.4 Å². The van der Waals surface area contributed by atoms with Crippen LogP contribution in [0.25, 0.3) is 10.8 Å². The summed E-state index contributed by atoms with van der Waals surface area (Å²) in [7, 11) is 0. The lowest BCUT2D eigenvalue weighted by Crippen LogP contribution is -2.14. The van der Waals surface area contributed by atoms with Crippen molar-refractivity contribution in [3.05, 3.63) is 72.4 Å². The molecule has 0 fully saturated rings. The number of aromatic hydroxyl groups is 1. The minimum Gasteiger partial charge on any atom is -0.507 e. The Balaban J connectivity index is 1.82. The standard InChI is InChI=1S/C20H16N4O2/c21-11-13(12-23-15-9-7-14(22)8-10-15)20(26)24-18-5-1-4-17-16(18)3-2-6-19(17)25/h1-10,12,23,25H,22H2,(H,24,26)/b13-12-. The number of anilines is 3. The second-order valence-electron chi connectivity index (χ2n) is 5.57. The maximum Gasteiger partial charge on any atom is 0.267 e. The van der Waals surface area contributed by atoms with Crippen molar-refractivity contribution in [2.45, 2.75) is 0 Å². The number of phenolic OH excluding ortho intramolecular Hbond substituents is 1. The van der Waals surface area contributed by atoms with Crippen molar-refractivity contribution in [3.8, 4) is 11.8 Å². The van der Waals surface area contributed by atoms with Crippen molar-refractivity contribution in [1.29, 1.82) is 5.26 Å². The van der Waals surface area contributed by atoms with Crippen molar-refractivity contribution in [1.82, 2.24) is 0 Å². The number of nitrogens with zero attached hydrogens (tertiary/aromatic N) is 1. The molecule has 0 radical (unpaired) electrons. The van der Waals surface area contributed by atoms with Crippen LogP contribution in [0.15, 0.2) is 72.4 Å². The van der Waals surface area contributed by atoms with Crippen LogP contribution in [0.4, 0.5) is 17.1 Å². The summed E-state index contributed by atoms with van der Waals surface area (Å²) in [5.74, 6) is -0.425. The minimum absolute atomic E-state index is 0.0843. The summed E-state index contributed by atoms with van der Waals surface area (Å²) in [4.78, 5) is 12.4. The Morgan fingerprint density at radius 2 is 1.73 bits per heavy atom. The molecule has 0 saturated carbocycles. The normalized spacial score (nSPS) is 11.0. The highest BCUT2D eigenvalue weighted by Crippen LogP contribution is 2.29. The maximum absolute atomic E-state index is 12.4. The largest absolute Gasteiger partial charge is 0.507 e. The first kappa shape index (κ1) is 16.9.